The Morgan fingerprint density at radius 3 is 3.25 bits per heavy atom. The number of piperidine rings is 1. The Hall–Kier alpha value is -0.570. The van der Waals surface area contributed by atoms with Gasteiger partial charge in [-0.2, -0.15) is 0 Å². The third kappa shape index (κ3) is 1.48. The van der Waals surface area contributed by atoms with Crippen LogP contribution in [0.4, 0.5) is 0 Å². The van der Waals surface area contributed by atoms with Crippen molar-refractivity contribution in [2.75, 3.05) is 13.1 Å². The van der Waals surface area contributed by atoms with E-state index in [2.05, 4.69) is 18.3 Å². The molecule has 2 aliphatic heterocycles. The molecule has 0 unspecified atom stereocenters. The SMILES string of the molecule is C[C@]12CCNC[C@H]1c1cccc(Cl)c1CO2. The topological polar surface area (TPSA) is 21.3 Å². The van der Waals surface area contributed by atoms with Crippen LogP contribution in [-0.4, -0.2) is 18.7 Å². The molecule has 2 aliphatic rings. The number of hydrogen-bond acceptors (Lipinski definition) is 2. The number of ether oxygens (including phenoxy) is 1. The molecule has 86 valence electrons. The van der Waals surface area contributed by atoms with E-state index in [1.54, 1.807) is 0 Å². The number of fused-ring (bicyclic) bond motifs is 3. The third-order valence-electron chi connectivity index (χ3n) is 3.96. The van der Waals surface area contributed by atoms with Crippen LogP contribution in [0, 0.1) is 0 Å². The summed E-state index contributed by atoms with van der Waals surface area (Å²) in [6.07, 6.45) is 1.07. The zero-order valence-electron chi connectivity index (χ0n) is 9.42. The van der Waals surface area contributed by atoms with Crippen molar-refractivity contribution in [1.82, 2.24) is 5.32 Å². The highest BCUT2D eigenvalue weighted by molar-refractivity contribution is 6.31. The Morgan fingerprint density at radius 1 is 1.50 bits per heavy atom. The molecule has 0 aromatic heterocycles. The Labute approximate surface area is 101 Å². The van der Waals surface area contributed by atoms with Gasteiger partial charge in [0, 0.05) is 17.5 Å². The van der Waals surface area contributed by atoms with E-state index in [1.807, 2.05) is 12.1 Å². The zero-order valence-corrected chi connectivity index (χ0v) is 10.2. The van der Waals surface area contributed by atoms with Crippen molar-refractivity contribution >= 4 is 11.6 Å². The molecular formula is C13H16ClNO. The van der Waals surface area contributed by atoms with Crippen LogP contribution in [0.1, 0.15) is 30.4 Å². The quantitative estimate of drug-likeness (QED) is 0.749. The van der Waals surface area contributed by atoms with Gasteiger partial charge in [-0.25, -0.2) is 0 Å². The number of hydrogen-bond donors (Lipinski definition) is 1. The van der Waals surface area contributed by atoms with Crippen molar-refractivity contribution in [3.05, 3.63) is 34.3 Å². The highest BCUT2D eigenvalue weighted by atomic mass is 35.5. The smallest absolute Gasteiger partial charge is 0.0751 e. The van der Waals surface area contributed by atoms with Crippen molar-refractivity contribution in [2.45, 2.75) is 31.5 Å². The summed E-state index contributed by atoms with van der Waals surface area (Å²) in [6.45, 7) is 4.91. The fourth-order valence-corrected chi connectivity index (χ4v) is 3.11. The predicted octanol–water partition coefficient (Wildman–Crippen LogP) is 2.71. The molecule has 0 aliphatic carbocycles. The van der Waals surface area contributed by atoms with Gasteiger partial charge in [-0.3, -0.25) is 0 Å². The average molecular weight is 238 g/mol. The molecule has 2 nitrogen and oxygen atoms in total. The molecule has 0 amide bonds. The van der Waals surface area contributed by atoms with Crippen LogP contribution in [0.15, 0.2) is 18.2 Å². The minimum Gasteiger partial charge on any atom is -0.370 e. The average Bonchev–Trinajstić information content (AvgIpc) is 2.28. The standard InChI is InChI=1S/C13H16ClNO/c1-13-5-6-15-7-11(13)9-3-2-4-12(14)10(9)8-16-13/h2-4,11,15H,5-8H2,1H3/t11-,13-/m0/s1. The molecule has 0 bridgehead atoms. The Balaban J connectivity index is 2.08. The van der Waals surface area contributed by atoms with Gasteiger partial charge in [0.25, 0.3) is 0 Å². The molecule has 16 heavy (non-hydrogen) atoms. The first-order valence-corrected chi connectivity index (χ1v) is 6.20. The van der Waals surface area contributed by atoms with E-state index in [-0.39, 0.29) is 5.60 Å². The summed E-state index contributed by atoms with van der Waals surface area (Å²) in [4.78, 5) is 0. The lowest BCUT2D eigenvalue weighted by molar-refractivity contribution is -0.0888. The second kappa shape index (κ2) is 3.73. The zero-order chi connectivity index (χ0) is 11.2. The molecule has 3 rings (SSSR count). The van der Waals surface area contributed by atoms with Gasteiger partial charge >= 0.3 is 0 Å². The van der Waals surface area contributed by atoms with Crippen molar-refractivity contribution in [3.63, 3.8) is 0 Å². The van der Waals surface area contributed by atoms with E-state index in [0.29, 0.717) is 12.5 Å². The van der Waals surface area contributed by atoms with Crippen LogP contribution < -0.4 is 5.32 Å². The summed E-state index contributed by atoms with van der Waals surface area (Å²) in [7, 11) is 0. The lowest BCUT2D eigenvalue weighted by Crippen LogP contribution is -2.50. The Kier molecular flexibility index (Phi) is 2.46. The lowest BCUT2D eigenvalue weighted by atomic mass is 9.75. The summed E-state index contributed by atoms with van der Waals surface area (Å²) < 4.78 is 6.05. The molecule has 2 heterocycles. The third-order valence-corrected chi connectivity index (χ3v) is 4.31. The first-order valence-electron chi connectivity index (χ1n) is 5.83. The van der Waals surface area contributed by atoms with Crippen molar-refractivity contribution in [2.24, 2.45) is 0 Å². The normalized spacial score (nSPS) is 33.0. The minimum absolute atomic E-state index is 0.0110. The molecule has 1 aromatic rings. The summed E-state index contributed by atoms with van der Waals surface area (Å²) >= 11 is 6.22. The maximum Gasteiger partial charge on any atom is 0.0751 e. The van der Waals surface area contributed by atoms with Gasteiger partial charge in [0.1, 0.15) is 0 Å². The first kappa shape index (κ1) is 10.6. The molecular weight excluding hydrogens is 222 g/mol. The lowest BCUT2D eigenvalue weighted by Gasteiger charge is -2.46. The van der Waals surface area contributed by atoms with Gasteiger partial charge in [-0.15, -0.1) is 0 Å². The second-order valence-electron chi connectivity index (χ2n) is 4.92. The minimum atomic E-state index is -0.0110. The van der Waals surface area contributed by atoms with Crippen LogP contribution in [0.2, 0.25) is 5.02 Å². The van der Waals surface area contributed by atoms with Crippen molar-refractivity contribution < 1.29 is 4.74 Å². The molecule has 0 saturated carbocycles. The maximum absolute atomic E-state index is 6.22. The summed E-state index contributed by atoms with van der Waals surface area (Å²) in [5.41, 5.74) is 2.53. The van der Waals surface area contributed by atoms with Crippen LogP contribution in [0.25, 0.3) is 0 Å². The molecule has 0 radical (unpaired) electrons. The van der Waals surface area contributed by atoms with Gasteiger partial charge < -0.3 is 10.1 Å². The van der Waals surface area contributed by atoms with E-state index >= 15 is 0 Å². The number of halogens is 1. The monoisotopic (exact) mass is 237 g/mol. The van der Waals surface area contributed by atoms with Gasteiger partial charge in [0.2, 0.25) is 0 Å². The van der Waals surface area contributed by atoms with E-state index in [4.69, 9.17) is 16.3 Å². The summed E-state index contributed by atoms with van der Waals surface area (Å²) in [5.74, 6) is 0.434. The largest absolute Gasteiger partial charge is 0.370 e. The van der Waals surface area contributed by atoms with E-state index in [9.17, 15) is 0 Å². The molecule has 1 fully saturated rings. The second-order valence-corrected chi connectivity index (χ2v) is 5.32. The molecule has 2 atom stereocenters. The van der Waals surface area contributed by atoms with Gasteiger partial charge in [0.15, 0.2) is 0 Å². The Bertz CT molecular complexity index is 420. The summed E-state index contributed by atoms with van der Waals surface area (Å²) in [5, 5.41) is 4.28. The summed E-state index contributed by atoms with van der Waals surface area (Å²) in [6, 6.07) is 6.18. The predicted molar refractivity (Wildman–Crippen MR) is 64.9 cm³/mol. The van der Waals surface area contributed by atoms with Crippen molar-refractivity contribution in [1.29, 1.82) is 0 Å². The van der Waals surface area contributed by atoms with Crippen LogP contribution in [-0.2, 0) is 11.3 Å². The molecule has 3 heteroatoms. The Morgan fingerprint density at radius 2 is 2.38 bits per heavy atom. The number of benzene rings is 1. The molecule has 0 spiro atoms. The van der Waals surface area contributed by atoms with E-state index in [0.717, 1.165) is 24.5 Å². The van der Waals surface area contributed by atoms with Gasteiger partial charge in [-0.05, 0) is 37.1 Å². The van der Waals surface area contributed by atoms with Crippen LogP contribution >= 0.6 is 11.6 Å². The highest BCUT2D eigenvalue weighted by Crippen LogP contribution is 2.43. The molecule has 1 N–H and O–H groups in total. The fourth-order valence-electron chi connectivity index (χ4n) is 2.88. The van der Waals surface area contributed by atoms with Gasteiger partial charge in [0.05, 0.1) is 12.2 Å². The maximum atomic E-state index is 6.22. The van der Waals surface area contributed by atoms with E-state index < -0.39 is 0 Å². The highest BCUT2D eigenvalue weighted by Gasteiger charge is 2.42. The fraction of sp³-hybridized carbons (Fsp3) is 0.538. The van der Waals surface area contributed by atoms with Crippen LogP contribution in [0.3, 0.4) is 0 Å². The van der Waals surface area contributed by atoms with E-state index in [1.165, 1.54) is 11.1 Å². The van der Waals surface area contributed by atoms with Crippen LogP contribution in [0.5, 0.6) is 0 Å². The number of rotatable bonds is 0. The molecule has 1 aromatic carbocycles. The van der Waals surface area contributed by atoms with Gasteiger partial charge in [-0.1, -0.05) is 23.7 Å². The first-order chi connectivity index (χ1) is 7.71. The van der Waals surface area contributed by atoms with Crippen molar-refractivity contribution in [3.8, 4) is 0 Å². The number of nitrogens with one attached hydrogen (secondary N) is 1. The molecule has 1 saturated heterocycles.